The van der Waals surface area contributed by atoms with Crippen molar-refractivity contribution in [3.05, 3.63) is 0 Å². The van der Waals surface area contributed by atoms with Crippen LogP contribution in [-0.2, 0) is 4.79 Å². The molecule has 4 heteroatoms. The number of hydrogen-bond donors (Lipinski definition) is 1. The van der Waals surface area contributed by atoms with E-state index in [4.69, 9.17) is 0 Å². The first-order valence-electron chi connectivity index (χ1n) is 7.96. The summed E-state index contributed by atoms with van der Waals surface area (Å²) in [5, 5.41) is 3.47. The third-order valence-electron chi connectivity index (χ3n) is 4.53. The first-order valence-corrected chi connectivity index (χ1v) is 7.96. The van der Waals surface area contributed by atoms with E-state index in [1.54, 1.807) is 0 Å². The van der Waals surface area contributed by atoms with Gasteiger partial charge in [-0.05, 0) is 45.7 Å². The number of rotatable bonds is 5. The normalized spacial score (nSPS) is 25.5. The lowest BCUT2D eigenvalue weighted by atomic mass is 10.0. The molecule has 2 saturated heterocycles. The molecule has 0 aromatic heterocycles. The molecule has 1 unspecified atom stereocenters. The van der Waals surface area contributed by atoms with Gasteiger partial charge in [-0.15, -0.1) is 0 Å². The van der Waals surface area contributed by atoms with Gasteiger partial charge in [-0.2, -0.15) is 0 Å². The number of piperidine rings is 2. The molecule has 2 rings (SSSR count). The van der Waals surface area contributed by atoms with Crippen LogP contribution in [0.2, 0.25) is 0 Å². The van der Waals surface area contributed by atoms with E-state index in [1.165, 1.54) is 45.1 Å². The Morgan fingerprint density at radius 3 is 2.58 bits per heavy atom. The van der Waals surface area contributed by atoms with Crippen LogP contribution in [0.25, 0.3) is 0 Å². The van der Waals surface area contributed by atoms with Gasteiger partial charge in [0.1, 0.15) is 0 Å². The van der Waals surface area contributed by atoms with Gasteiger partial charge < -0.3 is 15.1 Å². The van der Waals surface area contributed by atoms with E-state index in [2.05, 4.69) is 17.3 Å². The number of nitrogens with zero attached hydrogens (tertiary/aromatic N) is 2. The van der Waals surface area contributed by atoms with Crippen LogP contribution in [0.4, 0.5) is 0 Å². The zero-order chi connectivity index (χ0) is 13.5. The summed E-state index contributed by atoms with van der Waals surface area (Å²) in [7, 11) is 2.21. The number of amides is 1. The van der Waals surface area contributed by atoms with Crippen molar-refractivity contribution in [3.8, 4) is 0 Å². The van der Waals surface area contributed by atoms with Crippen molar-refractivity contribution in [2.24, 2.45) is 0 Å². The fourth-order valence-corrected chi connectivity index (χ4v) is 3.17. The number of nitrogens with one attached hydrogen (secondary N) is 1. The monoisotopic (exact) mass is 267 g/mol. The first-order chi connectivity index (χ1) is 9.27. The summed E-state index contributed by atoms with van der Waals surface area (Å²) in [4.78, 5) is 16.5. The molecule has 2 heterocycles. The summed E-state index contributed by atoms with van der Waals surface area (Å²) in [5.41, 5.74) is 0. The van der Waals surface area contributed by atoms with E-state index in [-0.39, 0.29) is 0 Å². The average Bonchev–Trinajstić information content (AvgIpc) is 2.46. The highest BCUT2D eigenvalue weighted by Crippen LogP contribution is 2.14. The van der Waals surface area contributed by atoms with Crippen LogP contribution < -0.4 is 5.32 Å². The minimum atomic E-state index is 0.337. The highest BCUT2D eigenvalue weighted by Gasteiger charge is 2.19. The first kappa shape index (κ1) is 14.8. The van der Waals surface area contributed by atoms with Crippen molar-refractivity contribution in [3.63, 3.8) is 0 Å². The Kier molecular flexibility index (Phi) is 6.11. The maximum atomic E-state index is 12.0. The maximum absolute atomic E-state index is 12.0. The molecule has 0 aromatic carbocycles. The van der Waals surface area contributed by atoms with Crippen molar-refractivity contribution in [2.45, 2.75) is 51.0 Å². The van der Waals surface area contributed by atoms with Crippen LogP contribution in [0.15, 0.2) is 0 Å². The van der Waals surface area contributed by atoms with E-state index in [9.17, 15) is 4.79 Å². The molecule has 0 spiro atoms. The highest BCUT2D eigenvalue weighted by atomic mass is 16.2. The smallest absolute Gasteiger partial charge is 0.223 e. The Hall–Kier alpha value is -0.610. The van der Waals surface area contributed by atoms with Crippen LogP contribution in [0.3, 0.4) is 0 Å². The Morgan fingerprint density at radius 1 is 1.11 bits per heavy atom. The minimum absolute atomic E-state index is 0.337. The lowest BCUT2D eigenvalue weighted by Crippen LogP contribution is -2.44. The van der Waals surface area contributed by atoms with Crippen LogP contribution in [0.1, 0.15) is 44.9 Å². The molecular weight excluding hydrogens is 238 g/mol. The number of likely N-dealkylation sites (tertiary alicyclic amines) is 2. The maximum Gasteiger partial charge on any atom is 0.223 e. The molecule has 1 N–H and O–H groups in total. The molecule has 110 valence electrons. The lowest BCUT2D eigenvalue weighted by molar-refractivity contribution is -0.131. The number of likely N-dealkylation sites (N-methyl/N-ethyl adjacent to an activating group) is 1. The quantitative estimate of drug-likeness (QED) is 0.766. The molecule has 0 aliphatic carbocycles. The zero-order valence-electron chi connectivity index (χ0n) is 12.4. The largest absolute Gasteiger partial charge is 0.343 e. The van der Waals surface area contributed by atoms with E-state index in [0.29, 0.717) is 18.4 Å². The fourth-order valence-electron chi connectivity index (χ4n) is 3.17. The SMILES string of the molecule is CN1CCCCC1CNCCC(=O)N1CCCCC1. The number of carbonyl (C=O) groups is 1. The average molecular weight is 267 g/mol. The predicted octanol–water partition coefficient (Wildman–Crippen LogP) is 1.46. The summed E-state index contributed by atoms with van der Waals surface area (Å²) in [6.45, 7) is 5.04. The van der Waals surface area contributed by atoms with Crippen LogP contribution in [0, 0.1) is 0 Å². The van der Waals surface area contributed by atoms with E-state index < -0.39 is 0 Å². The molecule has 0 radical (unpaired) electrons. The van der Waals surface area contributed by atoms with Gasteiger partial charge >= 0.3 is 0 Å². The van der Waals surface area contributed by atoms with Gasteiger partial charge in [0.15, 0.2) is 0 Å². The Balaban J connectivity index is 1.56. The molecule has 0 aromatic rings. The molecule has 4 nitrogen and oxygen atoms in total. The molecule has 2 aliphatic rings. The number of hydrogen-bond acceptors (Lipinski definition) is 3. The van der Waals surface area contributed by atoms with Gasteiger partial charge in [0.2, 0.25) is 5.91 Å². The van der Waals surface area contributed by atoms with Crippen LogP contribution in [0.5, 0.6) is 0 Å². The van der Waals surface area contributed by atoms with Crippen LogP contribution >= 0.6 is 0 Å². The fraction of sp³-hybridized carbons (Fsp3) is 0.933. The van der Waals surface area contributed by atoms with Crippen molar-refractivity contribution in [1.82, 2.24) is 15.1 Å². The summed E-state index contributed by atoms with van der Waals surface area (Å²) < 4.78 is 0. The zero-order valence-corrected chi connectivity index (χ0v) is 12.4. The summed E-state index contributed by atoms with van der Waals surface area (Å²) in [6.07, 6.45) is 8.30. The van der Waals surface area contributed by atoms with E-state index in [1.807, 2.05) is 4.90 Å². The van der Waals surface area contributed by atoms with Gasteiger partial charge in [0.25, 0.3) is 0 Å². The molecule has 0 saturated carbocycles. The van der Waals surface area contributed by atoms with Gasteiger partial charge in [-0.3, -0.25) is 4.79 Å². The Bertz CT molecular complexity index is 277. The van der Waals surface area contributed by atoms with Gasteiger partial charge in [-0.25, -0.2) is 0 Å². The molecular formula is C15H29N3O. The Labute approximate surface area is 117 Å². The van der Waals surface area contributed by atoms with Crippen molar-refractivity contribution >= 4 is 5.91 Å². The predicted molar refractivity (Wildman–Crippen MR) is 78.2 cm³/mol. The lowest BCUT2D eigenvalue weighted by Gasteiger charge is -2.32. The minimum Gasteiger partial charge on any atom is -0.343 e. The van der Waals surface area contributed by atoms with E-state index >= 15 is 0 Å². The molecule has 19 heavy (non-hydrogen) atoms. The summed E-state index contributed by atoms with van der Waals surface area (Å²) in [5.74, 6) is 0.337. The molecule has 0 bridgehead atoms. The highest BCUT2D eigenvalue weighted by molar-refractivity contribution is 5.76. The second-order valence-corrected chi connectivity index (χ2v) is 6.03. The van der Waals surface area contributed by atoms with E-state index in [0.717, 1.165) is 26.2 Å². The van der Waals surface area contributed by atoms with Gasteiger partial charge in [-0.1, -0.05) is 6.42 Å². The molecule has 2 aliphatic heterocycles. The summed E-state index contributed by atoms with van der Waals surface area (Å²) in [6, 6.07) is 0.666. The molecule has 1 atom stereocenters. The van der Waals surface area contributed by atoms with Crippen molar-refractivity contribution < 1.29 is 4.79 Å². The summed E-state index contributed by atoms with van der Waals surface area (Å²) >= 11 is 0. The van der Waals surface area contributed by atoms with Crippen molar-refractivity contribution in [2.75, 3.05) is 39.8 Å². The Morgan fingerprint density at radius 2 is 1.84 bits per heavy atom. The molecule has 2 fully saturated rings. The second kappa shape index (κ2) is 7.85. The number of carbonyl (C=O) groups excluding carboxylic acids is 1. The third-order valence-corrected chi connectivity index (χ3v) is 4.53. The van der Waals surface area contributed by atoms with Crippen LogP contribution in [-0.4, -0.2) is 61.5 Å². The van der Waals surface area contributed by atoms with Gasteiger partial charge in [0, 0.05) is 38.6 Å². The standard InChI is InChI=1S/C15H29N3O/c1-17-10-6-3-7-14(17)13-16-9-8-15(19)18-11-4-2-5-12-18/h14,16H,2-13H2,1H3. The second-order valence-electron chi connectivity index (χ2n) is 6.03. The van der Waals surface area contributed by atoms with Crippen molar-refractivity contribution in [1.29, 1.82) is 0 Å². The third kappa shape index (κ3) is 4.77. The van der Waals surface area contributed by atoms with Gasteiger partial charge in [0.05, 0.1) is 0 Å². The molecule has 1 amide bonds. The topological polar surface area (TPSA) is 35.6 Å².